The fourth-order valence-electron chi connectivity index (χ4n) is 5.22. The Bertz CT molecular complexity index is 1130. The van der Waals surface area contributed by atoms with E-state index in [1.165, 1.54) is 22.3 Å². The Labute approximate surface area is 208 Å². The van der Waals surface area contributed by atoms with Crippen molar-refractivity contribution in [3.63, 3.8) is 0 Å². The molecular weight excluding hydrogens is 434 g/mol. The number of benzene rings is 3. The number of anilines is 2. The van der Waals surface area contributed by atoms with Gasteiger partial charge in [-0.2, -0.15) is 0 Å². The molecule has 0 saturated carbocycles. The fraction of sp³-hybridized carbons (Fsp3) is 0.367. The van der Waals surface area contributed by atoms with Gasteiger partial charge in [0.2, 0.25) is 0 Å². The number of hydrogen-bond acceptors (Lipinski definition) is 5. The maximum atomic E-state index is 12.5. The van der Waals surface area contributed by atoms with Crippen molar-refractivity contribution in [1.82, 2.24) is 4.90 Å². The summed E-state index contributed by atoms with van der Waals surface area (Å²) in [5.41, 5.74) is 7.22. The average Bonchev–Trinajstić information content (AvgIpc) is 2.82. The number of aldehydes is 1. The topological polar surface area (TPSA) is 53.6 Å². The van der Waals surface area contributed by atoms with E-state index in [1.54, 1.807) is 0 Å². The van der Waals surface area contributed by atoms with E-state index in [9.17, 15) is 4.79 Å². The molecule has 1 spiro atoms. The van der Waals surface area contributed by atoms with Gasteiger partial charge in [-0.3, -0.25) is 4.90 Å². The van der Waals surface area contributed by atoms with Crippen molar-refractivity contribution >= 4 is 17.7 Å². The summed E-state index contributed by atoms with van der Waals surface area (Å²) in [6.07, 6.45) is 2.01. The minimum atomic E-state index is -0.365. The van der Waals surface area contributed by atoms with E-state index in [-0.39, 0.29) is 17.5 Å². The Balaban J connectivity index is 1.31. The van der Waals surface area contributed by atoms with Crippen LogP contribution in [-0.4, -0.2) is 50.1 Å². The van der Waals surface area contributed by atoms with Crippen molar-refractivity contribution in [1.29, 1.82) is 0 Å². The molecule has 3 aromatic carbocycles. The zero-order chi connectivity index (χ0) is 24.3. The first-order valence-electron chi connectivity index (χ1n) is 12.5. The van der Waals surface area contributed by atoms with Gasteiger partial charge in [0, 0.05) is 25.0 Å². The summed E-state index contributed by atoms with van der Waals surface area (Å²) < 4.78 is 5.48. The molecule has 1 unspecified atom stereocenters. The number of nitrogens with one attached hydrogen (secondary N) is 2. The molecule has 5 nitrogen and oxygen atoms in total. The van der Waals surface area contributed by atoms with Gasteiger partial charge in [-0.05, 0) is 43.5 Å². The van der Waals surface area contributed by atoms with Gasteiger partial charge < -0.3 is 20.2 Å². The van der Waals surface area contributed by atoms with Crippen LogP contribution in [0.25, 0.3) is 0 Å². The zero-order valence-corrected chi connectivity index (χ0v) is 20.7. The normalized spacial score (nSPS) is 18.2. The molecule has 2 fully saturated rings. The van der Waals surface area contributed by atoms with Crippen molar-refractivity contribution in [2.45, 2.75) is 32.4 Å². The number of aryl methyl sites for hydroxylation is 2. The second-order valence-corrected chi connectivity index (χ2v) is 10.3. The van der Waals surface area contributed by atoms with Crippen LogP contribution in [0.5, 0.6) is 0 Å². The lowest BCUT2D eigenvalue weighted by Gasteiger charge is -2.58. The summed E-state index contributed by atoms with van der Waals surface area (Å²) in [6.45, 7) is 8.62. The maximum absolute atomic E-state index is 12.5. The monoisotopic (exact) mass is 469 g/mol. The number of ether oxygens (including phenoxy) is 1. The van der Waals surface area contributed by atoms with Gasteiger partial charge in [-0.15, -0.1) is 0 Å². The highest BCUT2D eigenvalue weighted by atomic mass is 16.5. The Morgan fingerprint density at radius 3 is 2.14 bits per heavy atom. The second-order valence-electron chi connectivity index (χ2n) is 10.3. The van der Waals surface area contributed by atoms with Crippen LogP contribution in [0.1, 0.15) is 28.3 Å². The lowest BCUT2D eigenvalue weighted by atomic mass is 9.75. The third-order valence-electron chi connectivity index (χ3n) is 7.29. The van der Waals surface area contributed by atoms with Crippen LogP contribution in [-0.2, 0) is 16.0 Å². The number of carbonyl (C=O) groups excluding carboxylic acids is 1. The van der Waals surface area contributed by atoms with Crippen molar-refractivity contribution in [2.24, 2.45) is 5.41 Å². The summed E-state index contributed by atoms with van der Waals surface area (Å²) in [5, 5.41) is 7.15. The first-order valence-corrected chi connectivity index (χ1v) is 12.5. The van der Waals surface area contributed by atoms with E-state index in [1.807, 2.05) is 18.2 Å². The Kier molecular flexibility index (Phi) is 6.89. The fourth-order valence-corrected chi connectivity index (χ4v) is 5.22. The summed E-state index contributed by atoms with van der Waals surface area (Å²) >= 11 is 0. The highest BCUT2D eigenvalue weighted by Gasteiger charge is 2.52. The molecule has 2 saturated heterocycles. The molecule has 0 aromatic heterocycles. The molecule has 0 aliphatic carbocycles. The van der Waals surface area contributed by atoms with Crippen molar-refractivity contribution in [2.75, 3.05) is 43.5 Å². The van der Waals surface area contributed by atoms with E-state index in [0.29, 0.717) is 0 Å². The van der Waals surface area contributed by atoms with Gasteiger partial charge in [0.1, 0.15) is 12.3 Å². The first kappa shape index (κ1) is 23.6. The predicted octanol–water partition coefficient (Wildman–Crippen LogP) is 5.01. The number of carbonyl (C=O) groups is 1. The van der Waals surface area contributed by atoms with E-state index < -0.39 is 0 Å². The highest BCUT2D eigenvalue weighted by molar-refractivity contribution is 5.74. The molecule has 3 aromatic rings. The summed E-state index contributed by atoms with van der Waals surface area (Å²) in [7, 11) is 0. The predicted molar refractivity (Wildman–Crippen MR) is 142 cm³/mol. The molecule has 2 aliphatic heterocycles. The summed E-state index contributed by atoms with van der Waals surface area (Å²) in [4.78, 5) is 14.9. The van der Waals surface area contributed by atoms with Gasteiger partial charge in [0.15, 0.2) is 0 Å². The van der Waals surface area contributed by atoms with Crippen molar-refractivity contribution < 1.29 is 9.53 Å². The number of hydrogen-bond donors (Lipinski definition) is 2. The average molecular weight is 470 g/mol. The van der Waals surface area contributed by atoms with Crippen LogP contribution in [0.15, 0.2) is 72.8 Å². The van der Waals surface area contributed by atoms with Crippen LogP contribution in [0.4, 0.5) is 11.4 Å². The van der Waals surface area contributed by atoms with Crippen molar-refractivity contribution in [3.05, 3.63) is 95.1 Å². The molecule has 2 N–H and O–H groups in total. The van der Waals surface area contributed by atoms with Gasteiger partial charge in [0.05, 0.1) is 30.6 Å². The van der Waals surface area contributed by atoms with E-state index >= 15 is 0 Å². The number of nitrogens with zero attached hydrogens (tertiary/aromatic N) is 1. The molecule has 0 radical (unpaired) electrons. The third-order valence-corrected chi connectivity index (χ3v) is 7.29. The van der Waals surface area contributed by atoms with Gasteiger partial charge in [0.25, 0.3) is 0 Å². The van der Waals surface area contributed by atoms with Crippen molar-refractivity contribution in [3.8, 4) is 0 Å². The van der Waals surface area contributed by atoms with Crippen LogP contribution in [0.3, 0.4) is 0 Å². The Morgan fingerprint density at radius 1 is 0.914 bits per heavy atom. The number of rotatable bonds is 10. The molecule has 5 heteroatoms. The zero-order valence-electron chi connectivity index (χ0n) is 20.7. The largest absolute Gasteiger partial charge is 0.383 e. The van der Waals surface area contributed by atoms with E-state index in [2.05, 4.69) is 84.0 Å². The van der Waals surface area contributed by atoms with Crippen LogP contribution in [0.2, 0.25) is 0 Å². The lowest BCUT2D eigenvalue weighted by molar-refractivity contribution is -0.200. The third kappa shape index (κ3) is 5.26. The molecule has 2 atom stereocenters. The molecule has 2 heterocycles. The lowest BCUT2D eigenvalue weighted by Crippen LogP contribution is -2.67. The molecule has 0 bridgehead atoms. The Morgan fingerprint density at radius 2 is 1.54 bits per heavy atom. The standard InChI is InChI=1S/C30H35N3O2/c1-22-7-11-24(12-8-22)15-16-31-26-5-3-4-6-27(26)32-28(17-34)29(25-13-9-23(2)10-14-25)33-18-30(19-33)20-35-21-30/h3-14,17,28-29,31-32H,15-16,18-21H2,1-2H3/t28-,29?/m1/s1. The highest BCUT2D eigenvalue weighted by Crippen LogP contribution is 2.43. The molecule has 35 heavy (non-hydrogen) atoms. The molecule has 2 aliphatic rings. The SMILES string of the molecule is Cc1ccc(CCNc2ccccc2N[C@H](C=O)C(c2ccc(C)cc2)N2CC3(COC3)C2)cc1. The minimum Gasteiger partial charge on any atom is -0.383 e. The molecule has 182 valence electrons. The van der Waals surface area contributed by atoms with Gasteiger partial charge in [-0.1, -0.05) is 71.8 Å². The quantitative estimate of drug-likeness (QED) is 0.409. The van der Waals surface area contributed by atoms with Gasteiger partial charge >= 0.3 is 0 Å². The van der Waals surface area contributed by atoms with Crippen LogP contribution in [0, 0.1) is 19.3 Å². The summed E-state index contributed by atoms with van der Waals surface area (Å²) in [5.74, 6) is 0. The molecular formula is C30H35N3O2. The smallest absolute Gasteiger partial charge is 0.144 e. The second kappa shape index (κ2) is 10.2. The maximum Gasteiger partial charge on any atom is 0.144 e. The van der Waals surface area contributed by atoms with Crippen LogP contribution >= 0.6 is 0 Å². The first-order chi connectivity index (χ1) is 17.0. The van der Waals surface area contributed by atoms with E-state index in [0.717, 1.165) is 56.9 Å². The van der Waals surface area contributed by atoms with E-state index in [4.69, 9.17) is 4.74 Å². The summed E-state index contributed by atoms with van der Waals surface area (Å²) in [6, 6.07) is 25.0. The Hall–Kier alpha value is -3.15. The minimum absolute atomic E-state index is 0.0278. The number of likely N-dealkylation sites (tertiary alicyclic amines) is 1. The molecule has 0 amide bonds. The van der Waals surface area contributed by atoms with Crippen LogP contribution < -0.4 is 10.6 Å². The number of para-hydroxylation sites is 2. The van der Waals surface area contributed by atoms with Gasteiger partial charge in [-0.25, -0.2) is 0 Å². The molecule has 5 rings (SSSR count).